The van der Waals surface area contributed by atoms with Crippen molar-refractivity contribution in [1.82, 2.24) is 0 Å². The number of aryl methyl sites for hydroxylation is 2. The molecule has 4 aromatic rings. The van der Waals surface area contributed by atoms with E-state index in [4.69, 9.17) is 0 Å². The summed E-state index contributed by atoms with van der Waals surface area (Å²) in [4.78, 5) is 14.0. The maximum absolute atomic E-state index is 14.0. The van der Waals surface area contributed by atoms with Crippen molar-refractivity contribution in [2.75, 3.05) is 0 Å². The summed E-state index contributed by atoms with van der Waals surface area (Å²) in [5.74, 6) is 0.849. The molecule has 0 heterocycles. The van der Waals surface area contributed by atoms with Crippen LogP contribution in [0.4, 0.5) is 0 Å². The smallest absolute Gasteiger partial charge is 0.175 e. The van der Waals surface area contributed by atoms with Gasteiger partial charge in [-0.05, 0) is 52.4 Å². The van der Waals surface area contributed by atoms with E-state index >= 15 is 0 Å². The van der Waals surface area contributed by atoms with Crippen LogP contribution in [0, 0.1) is 25.7 Å². The number of carbonyl (C=O) groups excluding carboxylic acids is 1. The first-order valence-corrected chi connectivity index (χ1v) is 11.7. The van der Waals surface area contributed by atoms with E-state index in [9.17, 15) is 4.79 Å². The van der Waals surface area contributed by atoms with Gasteiger partial charge < -0.3 is 0 Å². The normalized spacial score (nSPS) is 24.0. The first-order valence-electron chi connectivity index (χ1n) is 11.7. The zero-order chi connectivity index (χ0) is 22.3. The third-order valence-electron chi connectivity index (χ3n) is 7.96. The molecule has 0 aromatic heterocycles. The van der Waals surface area contributed by atoms with Gasteiger partial charge in [-0.25, -0.2) is 0 Å². The zero-order valence-electron chi connectivity index (χ0n) is 18.8. The van der Waals surface area contributed by atoms with Crippen LogP contribution >= 0.6 is 0 Å². The van der Waals surface area contributed by atoms with Crippen LogP contribution in [-0.4, -0.2) is 5.78 Å². The average molecular weight is 425 g/mol. The lowest BCUT2D eigenvalue weighted by Crippen LogP contribution is -2.18. The number of fused-ring (bicyclic) bond motifs is 4. The molecule has 1 heteroatoms. The second kappa shape index (κ2) is 6.42. The Morgan fingerprint density at radius 2 is 1.18 bits per heavy atom. The van der Waals surface area contributed by atoms with E-state index < -0.39 is 5.41 Å². The van der Waals surface area contributed by atoms with Crippen molar-refractivity contribution in [3.8, 4) is 22.3 Å². The van der Waals surface area contributed by atoms with Gasteiger partial charge in [0.1, 0.15) is 0 Å². The van der Waals surface area contributed by atoms with E-state index in [-0.39, 0.29) is 11.8 Å². The lowest BCUT2D eigenvalue weighted by Gasteiger charge is -2.16. The molecule has 7 rings (SSSR count). The fourth-order valence-electron chi connectivity index (χ4n) is 6.50. The van der Waals surface area contributed by atoms with Crippen molar-refractivity contribution in [2.45, 2.75) is 19.3 Å². The third-order valence-corrected chi connectivity index (χ3v) is 7.96. The molecule has 4 aromatic carbocycles. The van der Waals surface area contributed by atoms with Gasteiger partial charge in [-0.2, -0.15) is 0 Å². The number of hydrogen-bond acceptors (Lipinski definition) is 1. The van der Waals surface area contributed by atoms with Gasteiger partial charge in [0, 0.05) is 17.4 Å². The quantitative estimate of drug-likeness (QED) is 0.324. The van der Waals surface area contributed by atoms with Gasteiger partial charge in [0.15, 0.2) is 5.78 Å². The summed E-state index contributed by atoms with van der Waals surface area (Å²) in [6, 6.07) is 26.1. The molecule has 1 saturated carbocycles. The summed E-state index contributed by atoms with van der Waals surface area (Å²) < 4.78 is 0. The second-order valence-electron chi connectivity index (χ2n) is 9.83. The number of carbonyl (C=O) groups is 1. The highest BCUT2D eigenvalue weighted by Crippen LogP contribution is 2.68. The molecule has 0 aliphatic heterocycles. The number of allylic oxidation sites excluding steroid dienone is 4. The Morgan fingerprint density at radius 1 is 0.636 bits per heavy atom. The second-order valence-corrected chi connectivity index (χ2v) is 9.83. The van der Waals surface area contributed by atoms with Crippen molar-refractivity contribution in [3.05, 3.63) is 119 Å². The topological polar surface area (TPSA) is 17.1 Å². The Hall–Kier alpha value is -3.71. The average Bonchev–Trinajstić information content (AvgIpc) is 3.44. The fourth-order valence-corrected chi connectivity index (χ4v) is 6.50. The van der Waals surface area contributed by atoms with Crippen molar-refractivity contribution >= 4 is 16.6 Å². The van der Waals surface area contributed by atoms with Crippen molar-refractivity contribution in [2.24, 2.45) is 11.8 Å². The monoisotopic (exact) mass is 424 g/mol. The van der Waals surface area contributed by atoms with Crippen LogP contribution in [0.2, 0.25) is 0 Å². The summed E-state index contributed by atoms with van der Waals surface area (Å²) in [6.45, 7) is 4.27. The number of Topliss-reactive ketones (excluding diaryl/α,β-unsaturated/α-hetero) is 1. The fraction of sp³-hybridized carbons (Fsp3) is 0.156. The standard InChI is InChI=1S/C32H24O/c1-19-7-5-9-21(17-19)23-13-14-25-30-28(32(31(25)33)26-11-3-4-12-27(26)32)16-15-24(29(23)30)22-10-6-8-20(2)18-22/h3-18,26-27H,1-2H3/t26-,27+,32?. The molecule has 1 nitrogen and oxygen atoms in total. The molecular formula is C32H24O. The van der Waals surface area contributed by atoms with Gasteiger partial charge in [0.2, 0.25) is 0 Å². The van der Waals surface area contributed by atoms with Gasteiger partial charge in [0.05, 0.1) is 5.41 Å². The van der Waals surface area contributed by atoms with E-state index in [1.165, 1.54) is 44.3 Å². The maximum atomic E-state index is 14.0. The van der Waals surface area contributed by atoms with Crippen molar-refractivity contribution in [1.29, 1.82) is 0 Å². The minimum Gasteiger partial charge on any atom is -0.293 e. The van der Waals surface area contributed by atoms with Gasteiger partial charge in [-0.15, -0.1) is 0 Å². The van der Waals surface area contributed by atoms with Crippen LogP contribution in [0.1, 0.15) is 27.0 Å². The lowest BCUT2D eigenvalue weighted by atomic mass is 9.87. The molecule has 0 bridgehead atoms. The van der Waals surface area contributed by atoms with E-state index in [1.807, 2.05) is 0 Å². The Bertz CT molecular complexity index is 1500. The van der Waals surface area contributed by atoms with Crippen LogP contribution < -0.4 is 0 Å². The number of hydrogen-bond donors (Lipinski definition) is 0. The molecule has 3 aliphatic rings. The van der Waals surface area contributed by atoms with Gasteiger partial charge in [-0.1, -0.05) is 108 Å². The predicted octanol–water partition coefficient (Wildman–Crippen LogP) is 7.60. The summed E-state index contributed by atoms with van der Waals surface area (Å²) in [7, 11) is 0. The number of ketones is 1. The highest BCUT2D eigenvalue weighted by molar-refractivity contribution is 6.26. The van der Waals surface area contributed by atoms with E-state index in [1.54, 1.807) is 0 Å². The minimum atomic E-state index is -0.416. The maximum Gasteiger partial charge on any atom is 0.175 e. The molecule has 0 N–H and O–H groups in total. The Balaban J connectivity index is 1.60. The summed E-state index contributed by atoms with van der Waals surface area (Å²) in [5, 5.41) is 2.37. The Kier molecular flexibility index (Phi) is 3.66. The van der Waals surface area contributed by atoms with Crippen LogP contribution in [-0.2, 0) is 5.41 Å². The number of benzene rings is 4. The van der Waals surface area contributed by atoms with Gasteiger partial charge in [0.25, 0.3) is 0 Å². The first kappa shape index (κ1) is 18.8. The van der Waals surface area contributed by atoms with Gasteiger partial charge in [-0.3, -0.25) is 4.79 Å². The molecule has 3 atom stereocenters. The molecule has 158 valence electrons. The summed E-state index contributed by atoms with van der Waals surface area (Å²) in [5.41, 5.74) is 8.98. The highest BCUT2D eigenvalue weighted by atomic mass is 16.1. The molecule has 0 amide bonds. The first-order chi connectivity index (χ1) is 16.1. The molecule has 1 fully saturated rings. The summed E-state index contributed by atoms with van der Waals surface area (Å²) in [6.07, 6.45) is 8.66. The van der Waals surface area contributed by atoms with E-state index in [2.05, 4.69) is 111 Å². The minimum absolute atomic E-state index is 0.276. The highest BCUT2D eigenvalue weighted by Gasteiger charge is 2.70. The van der Waals surface area contributed by atoms with Crippen LogP contribution in [0.5, 0.6) is 0 Å². The SMILES string of the molecule is Cc1cccc(-c2ccc3c4c(ccc(-c5cccc(C)c5)c24)C2(C3=O)[C@@H]3C=CC=C[C@@H]32)c1. The van der Waals surface area contributed by atoms with Crippen LogP contribution in [0.25, 0.3) is 33.0 Å². The van der Waals surface area contributed by atoms with Crippen LogP contribution in [0.3, 0.4) is 0 Å². The van der Waals surface area contributed by atoms with Crippen molar-refractivity contribution < 1.29 is 4.79 Å². The number of rotatable bonds is 2. The van der Waals surface area contributed by atoms with Gasteiger partial charge >= 0.3 is 0 Å². The lowest BCUT2D eigenvalue weighted by molar-refractivity contribution is 0.0946. The zero-order valence-corrected chi connectivity index (χ0v) is 18.8. The molecular weight excluding hydrogens is 400 g/mol. The van der Waals surface area contributed by atoms with Crippen LogP contribution in [0.15, 0.2) is 97.1 Å². The molecule has 33 heavy (non-hydrogen) atoms. The predicted molar refractivity (Wildman–Crippen MR) is 136 cm³/mol. The van der Waals surface area contributed by atoms with E-state index in [0.717, 1.165) is 10.9 Å². The van der Waals surface area contributed by atoms with E-state index in [0.29, 0.717) is 5.78 Å². The molecule has 1 unspecified atom stereocenters. The Labute approximate surface area is 194 Å². The van der Waals surface area contributed by atoms with Crippen molar-refractivity contribution in [3.63, 3.8) is 0 Å². The molecule has 3 aliphatic carbocycles. The largest absolute Gasteiger partial charge is 0.293 e. The molecule has 0 radical (unpaired) electrons. The molecule has 1 spiro atoms. The third kappa shape index (κ3) is 2.35. The molecule has 0 saturated heterocycles. The summed E-state index contributed by atoms with van der Waals surface area (Å²) >= 11 is 0. The Morgan fingerprint density at radius 3 is 1.76 bits per heavy atom.